The maximum atomic E-state index is 13.0. The molecule has 0 spiro atoms. The second-order valence-electron chi connectivity index (χ2n) is 4.76. The first-order chi connectivity index (χ1) is 8.42. The van der Waals surface area contributed by atoms with Gasteiger partial charge < -0.3 is 10.1 Å². The van der Waals surface area contributed by atoms with E-state index < -0.39 is 0 Å². The third-order valence-electron chi connectivity index (χ3n) is 3.46. The number of hydrogen-bond donors (Lipinski definition) is 1. The molecule has 0 aliphatic carbocycles. The molecule has 3 nitrogen and oxygen atoms in total. The van der Waals surface area contributed by atoms with Crippen LogP contribution in [-0.2, 0) is 4.74 Å². The lowest BCUT2D eigenvalue weighted by atomic mass is 9.94. The van der Waals surface area contributed by atoms with Crippen LogP contribution >= 0.6 is 15.9 Å². The summed E-state index contributed by atoms with van der Waals surface area (Å²) in [4.78, 5) is 12.2. The Labute approximate surface area is 114 Å². The monoisotopic (exact) mass is 315 g/mol. The second kappa shape index (κ2) is 4.97. The predicted molar refractivity (Wildman–Crippen MR) is 70.0 cm³/mol. The highest BCUT2D eigenvalue weighted by atomic mass is 79.9. The number of halogens is 2. The van der Waals surface area contributed by atoms with Crippen LogP contribution in [0.2, 0.25) is 0 Å². The smallest absolute Gasteiger partial charge is 0.252 e. The van der Waals surface area contributed by atoms with Crippen molar-refractivity contribution < 1.29 is 13.9 Å². The molecular formula is C13H15BrFNO2. The fourth-order valence-corrected chi connectivity index (χ4v) is 2.53. The Hall–Kier alpha value is -0.940. The van der Waals surface area contributed by atoms with E-state index in [1.807, 2.05) is 13.8 Å². The number of ether oxygens (including phenoxy) is 1. The molecule has 98 valence electrons. The van der Waals surface area contributed by atoms with Crippen molar-refractivity contribution in [1.82, 2.24) is 5.32 Å². The summed E-state index contributed by atoms with van der Waals surface area (Å²) in [5, 5.41) is 2.97. The summed E-state index contributed by atoms with van der Waals surface area (Å²) in [7, 11) is 0. The molecule has 1 aliphatic heterocycles. The number of nitrogens with one attached hydrogen (secondary N) is 1. The van der Waals surface area contributed by atoms with Crippen molar-refractivity contribution >= 4 is 21.8 Å². The zero-order valence-electron chi connectivity index (χ0n) is 10.3. The van der Waals surface area contributed by atoms with Gasteiger partial charge in [0.05, 0.1) is 17.2 Å². The van der Waals surface area contributed by atoms with E-state index in [2.05, 4.69) is 21.2 Å². The predicted octanol–water partition coefficient (Wildman–Crippen LogP) is 2.89. The van der Waals surface area contributed by atoms with Crippen LogP contribution in [0.3, 0.4) is 0 Å². The van der Waals surface area contributed by atoms with E-state index in [1.165, 1.54) is 18.2 Å². The molecule has 0 bridgehead atoms. The van der Waals surface area contributed by atoms with Gasteiger partial charge in [-0.2, -0.15) is 0 Å². The number of carbonyl (C=O) groups excluding carboxylic acids is 1. The topological polar surface area (TPSA) is 38.3 Å². The van der Waals surface area contributed by atoms with Gasteiger partial charge in [0.15, 0.2) is 0 Å². The molecule has 5 heteroatoms. The number of rotatable bonds is 2. The fourth-order valence-electron chi connectivity index (χ4n) is 2.00. The lowest BCUT2D eigenvalue weighted by Crippen LogP contribution is -2.50. The Morgan fingerprint density at radius 1 is 1.61 bits per heavy atom. The molecule has 1 aromatic rings. The second-order valence-corrected chi connectivity index (χ2v) is 5.61. The molecule has 1 heterocycles. The largest absolute Gasteiger partial charge is 0.376 e. The first kappa shape index (κ1) is 13.5. The summed E-state index contributed by atoms with van der Waals surface area (Å²) in [6.45, 7) is 4.54. The van der Waals surface area contributed by atoms with E-state index in [1.54, 1.807) is 0 Å². The standard InChI is InChI=1S/C13H15BrFNO2/c1-8-13(2,5-6-18-8)16-12(17)10-4-3-9(15)7-11(10)14/h3-4,7-8H,5-6H2,1-2H3,(H,16,17)/t8-,13+/m1/s1. The average Bonchev–Trinajstić information content (AvgIpc) is 2.58. The van der Waals surface area contributed by atoms with Crippen LogP contribution in [0.1, 0.15) is 30.6 Å². The van der Waals surface area contributed by atoms with E-state index in [4.69, 9.17) is 4.74 Å². The highest BCUT2D eigenvalue weighted by Gasteiger charge is 2.38. The molecule has 1 N–H and O–H groups in total. The van der Waals surface area contributed by atoms with E-state index in [0.29, 0.717) is 16.6 Å². The van der Waals surface area contributed by atoms with Gasteiger partial charge in [0.25, 0.3) is 5.91 Å². The molecule has 0 saturated carbocycles. The van der Waals surface area contributed by atoms with Crippen LogP contribution in [0.4, 0.5) is 4.39 Å². The van der Waals surface area contributed by atoms with Gasteiger partial charge in [-0.15, -0.1) is 0 Å². The maximum Gasteiger partial charge on any atom is 0.252 e. The number of benzene rings is 1. The van der Waals surface area contributed by atoms with Crippen molar-refractivity contribution in [1.29, 1.82) is 0 Å². The lowest BCUT2D eigenvalue weighted by Gasteiger charge is -2.29. The van der Waals surface area contributed by atoms with Crippen molar-refractivity contribution in [2.75, 3.05) is 6.61 Å². The normalized spacial score (nSPS) is 27.2. The van der Waals surface area contributed by atoms with Crippen molar-refractivity contribution in [3.63, 3.8) is 0 Å². The summed E-state index contributed by atoms with van der Waals surface area (Å²) in [6.07, 6.45) is 0.749. The van der Waals surface area contributed by atoms with Gasteiger partial charge in [-0.05, 0) is 54.4 Å². The fraction of sp³-hybridized carbons (Fsp3) is 0.462. The van der Waals surface area contributed by atoms with Crippen LogP contribution in [-0.4, -0.2) is 24.2 Å². The van der Waals surface area contributed by atoms with Crippen LogP contribution < -0.4 is 5.32 Å². The highest BCUT2D eigenvalue weighted by molar-refractivity contribution is 9.10. The third-order valence-corrected chi connectivity index (χ3v) is 4.12. The van der Waals surface area contributed by atoms with Crippen molar-refractivity contribution in [3.8, 4) is 0 Å². The Morgan fingerprint density at radius 3 is 2.89 bits per heavy atom. The lowest BCUT2D eigenvalue weighted by molar-refractivity contribution is 0.0727. The molecule has 1 saturated heterocycles. The van der Waals surface area contributed by atoms with Gasteiger partial charge >= 0.3 is 0 Å². The van der Waals surface area contributed by atoms with Crippen molar-refractivity contribution in [2.24, 2.45) is 0 Å². The van der Waals surface area contributed by atoms with Gasteiger partial charge in [-0.1, -0.05) is 0 Å². The molecule has 1 fully saturated rings. The Kier molecular flexibility index (Phi) is 3.73. The highest BCUT2D eigenvalue weighted by Crippen LogP contribution is 2.26. The molecule has 1 aromatic carbocycles. The summed E-state index contributed by atoms with van der Waals surface area (Å²) >= 11 is 3.20. The summed E-state index contributed by atoms with van der Waals surface area (Å²) < 4.78 is 18.9. The zero-order chi connectivity index (χ0) is 13.3. The average molecular weight is 316 g/mol. The van der Waals surface area contributed by atoms with E-state index in [-0.39, 0.29) is 23.4 Å². The first-order valence-electron chi connectivity index (χ1n) is 5.81. The van der Waals surface area contributed by atoms with Crippen molar-refractivity contribution in [2.45, 2.75) is 31.9 Å². The van der Waals surface area contributed by atoms with Gasteiger partial charge in [-0.3, -0.25) is 4.79 Å². The van der Waals surface area contributed by atoms with Gasteiger partial charge in [0, 0.05) is 11.1 Å². The van der Waals surface area contributed by atoms with Gasteiger partial charge in [0.1, 0.15) is 5.82 Å². The number of amides is 1. The SMILES string of the molecule is C[C@H]1OCC[C@]1(C)NC(=O)c1ccc(F)cc1Br. The minimum absolute atomic E-state index is 0.0272. The van der Waals surface area contributed by atoms with E-state index in [9.17, 15) is 9.18 Å². The summed E-state index contributed by atoms with van der Waals surface area (Å²) in [5.74, 6) is -0.594. The number of hydrogen-bond acceptors (Lipinski definition) is 2. The maximum absolute atomic E-state index is 13.0. The zero-order valence-corrected chi connectivity index (χ0v) is 11.9. The van der Waals surface area contributed by atoms with Crippen LogP contribution in [0.25, 0.3) is 0 Å². The molecule has 18 heavy (non-hydrogen) atoms. The third kappa shape index (κ3) is 2.57. The van der Waals surface area contributed by atoms with Crippen molar-refractivity contribution in [3.05, 3.63) is 34.1 Å². The Morgan fingerprint density at radius 2 is 2.33 bits per heavy atom. The van der Waals surface area contributed by atoms with Crippen LogP contribution in [0.5, 0.6) is 0 Å². The molecule has 0 aromatic heterocycles. The van der Waals surface area contributed by atoms with Crippen LogP contribution in [0.15, 0.2) is 22.7 Å². The molecule has 0 unspecified atom stereocenters. The Bertz CT molecular complexity index is 480. The summed E-state index contributed by atoms with van der Waals surface area (Å²) in [6, 6.07) is 4.03. The van der Waals surface area contributed by atoms with Gasteiger partial charge in [0.2, 0.25) is 0 Å². The Balaban J connectivity index is 2.17. The molecular weight excluding hydrogens is 301 g/mol. The van der Waals surface area contributed by atoms with Gasteiger partial charge in [-0.25, -0.2) is 4.39 Å². The molecule has 2 atom stereocenters. The van der Waals surface area contributed by atoms with E-state index >= 15 is 0 Å². The molecule has 1 aliphatic rings. The number of carbonyl (C=O) groups is 1. The molecule has 1 amide bonds. The summed E-state index contributed by atoms with van der Waals surface area (Å²) in [5.41, 5.74) is 0.0574. The van der Waals surface area contributed by atoms with E-state index in [0.717, 1.165) is 6.42 Å². The van der Waals surface area contributed by atoms with Crippen LogP contribution in [0, 0.1) is 5.82 Å². The minimum Gasteiger partial charge on any atom is -0.376 e. The minimum atomic E-state index is -0.373. The first-order valence-corrected chi connectivity index (χ1v) is 6.61. The molecule has 2 rings (SSSR count). The quantitative estimate of drug-likeness (QED) is 0.911. The molecule has 0 radical (unpaired) electrons.